The van der Waals surface area contributed by atoms with E-state index >= 15 is 0 Å². The molecular formula is C29H31NO7. The number of para-hydroxylation sites is 1. The molecule has 0 bridgehead atoms. The summed E-state index contributed by atoms with van der Waals surface area (Å²) in [5.74, 6) is 2.82. The topological polar surface area (TPSA) is 84.5 Å². The summed E-state index contributed by atoms with van der Waals surface area (Å²) in [4.78, 5) is 12.8. The zero-order valence-electron chi connectivity index (χ0n) is 21.8. The van der Waals surface area contributed by atoms with Crippen LogP contribution in [0.3, 0.4) is 0 Å². The van der Waals surface area contributed by atoms with Crippen molar-refractivity contribution in [2.24, 2.45) is 0 Å². The Morgan fingerprint density at radius 2 is 1.14 bits per heavy atom. The molecule has 3 aromatic rings. The molecule has 8 nitrogen and oxygen atoms in total. The number of hydrogen-bond acceptors (Lipinski definition) is 7. The molecule has 194 valence electrons. The highest BCUT2D eigenvalue weighted by Crippen LogP contribution is 2.40. The van der Waals surface area contributed by atoms with E-state index in [1.54, 1.807) is 40.6 Å². The predicted octanol–water partition coefficient (Wildman–Crippen LogP) is 5.56. The van der Waals surface area contributed by atoms with Crippen molar-refractivity contribution in [2.75, 3.05) is 48.0 Å². The SMILES string of the molecule is COc1ccccc1/C=C/C(=O)Nc1cc(/C=C/c2cc(OC)c(OC)c(OC)c2)cc(OC)c1OC. The first-order valence-electron chi connectivity index (χ1n) is 11.3. The van der Waals surface area contributed by atoms with Crippen LogP contribution < -0.4 is 33.7 Å². The minimum Gasteiger partial charge on any atom is -0.496 e. The highest BCUT2D eigenvalue weighted by atomic mass is 16.5. The maximum Gasteiger partial charge on any atom is 0.248 e. The fourth-order valence-corrected chi connectivity index (χ4v) is 3.71. The largest absolute Gasteiger partial charge is 0.496 e. The van der Waals surface area contributed by atoms with E-state index < -0.39 is 0 Å². The lowest BCUT2D eigenvalue weighted by Gasteiger charge is -2.15. The van der Waals surface area contributed by atoms with Crippen molar-refractivity contribution in [1.29, 1.82) is 0 Å². The molecule has 0 aliphatic rings. The third kappa shape index (κ3) is 6.55. The Bertz CT molecular complexity index is 1270. The first kappa shape index (κ1) is 27.0. The van der Waals surface area contributed by atoms with Gasteiger partial charge in [0.25, 0.3) is 0 Å². The summed E-state index contributed by atoms with van der Waals surface area (Å²) in [5, 5.41) is 2.87. The van der Waals surface area contributed by atoms with Crippen LogP contribution in [0.1, 0.15) is 16.7 Å². The van der Waals surface area contributed by atoms with Gasteiger partial charge in [-0.15, -0.1) is 0 Å². The molecule has 0 aromatic heterocycles. The van der Waals surface area contributed by atoms with Crippen molar-refractivity contribution in [3.8, 4) is 34.5 Å². The molecule has 0 aliphatic carbocycles. The van der Waals surface area contributed by atoms with Crippen LogP contribution in [-0.4, -0.2) is 48.6 Å². The number of amides is 1. The molecule has 3 rings (SSSR count). The fraction of sp³-hybridized carbons (Fsp3) is 0.207. The number of ether oxygens (including phenoxy) is 6. The first-order chi connectivity index (χ1) is 18.0. The van der Waals surface area contributed by atoms with E-state index in [9.17, 15) is 4.79 Å². The Morgan fingerprint density at radius 3 is 1.68 bits per heavy atom. The maximum atomic E-state index is 12.8. The number of methoxy groups -OCH3 is 6. The van der Waals surface area contributed by atoms with E-state index in [4.69, 9.17) is 28.4 Å². The van der Waals surface area contributed by atoms with Crippen molar-refractivity contribution >= 4 is 29.8 Å². The molecule has 1 amide bonds. The van der Waals surface area contributed by atoms with Gasteiger partial charge in [-0.25, -0.2) is 0 Å². The number of anilines is 1. The summed E-state index contributed by atoms with van der Waals surface area (Å²) in [6.07, 6.45) is 6.89. The minimum absolute atomic E-state index is 0.336. The van der Waals surface area contributed by atoms with E-state index in [1.807, 2.05) is 54.6 Å². The number of nitrogens with one attached hydrogen (secondary N) is 1. The van der Waals surface area contributed by atoms with Crippen molar-refractivity contribution in [2.45, 2.75) is 0 Å². The van der Waals surface area contributed by atoms with Crippen LogP contribution in [0.25, 0.3) is 18.2 Å². The molecule has 8 heteroatoms. The van der Waals surface area contributed by atoms with Crippen LogP contribution in [0, 0.1) is 0 Å². The minimum atomic E-state index is -0.336. The van der Waals surface area contributed by atoms with E-state index in [-0.39, 0.29) is 5.91 Å². The Balaban J connectivity index is 1.91. The quantitative estimate of drug-likeness (QED) is 0.270. The zero-order chi connectivity index (χ0) is 26.8. The van der Waals surface area contributed by atoms with Crippen LogP contribution in [-0.2, 0) is 4.79 Å². The van der Waals surface area contributed by atoms with Crippen LogP contribution in [0.5, 0.6) is 34.5 Å². The summed E-state index contributed by atoms with van der Waals surface area (Å²) in [6.45, 7) is 0. The maximum absolute atomic E-state index is 12.8. The van der Waals surface area contributed by atoms with Crippen molar-refractivity contribution < 1.29 is 33.2 Å². The first-order valence-corrected chi connectivity index (χ1v) is 11.3. The van der Waals surface area contributed by atoms with Gasteiger partial charge in [0.05, 0.1) is 48.3 Å². The lowest BCUT2D eigenvalue weighted by atomic mass is 10.1. The molecule has 0 saturated heterocycles. The second-order valence-electron chi connectivity index (χ2n) is 7.66. The average molecular weight is 506 g/mol. The van der Waals surface area contributed by atoms with Crippen LogP contribution in [0.15, 0.2) is 54.6 Å². The molecule has 1 N–H and O–H groups in total. The van der Waals surface area contributed by atoms with Gasteiger partial charge in [0.1, 0.15) is 5.75 Å². The fourth-order valence-electron chi connectivity index (χ4n) is 3.71. The normalized spacial score (nSPS) is 10.9. The lowest BCUT2D eigenvalue weighted by molar-refractivity contribution is -0.111. The molecule has 0 heterocycles. The van der Waals surface area contributed by atoms with Gasteiger partial charge in [0.2, 0.25) is 11.7 Å². The van der Waals surface area contributed by atoms with E-state index in [2.05, 4.69) is 5.32 Å². The number of rotatable bonds is 11. The molecule has 0 saturated carbocycles. The Kier molecular flexibility index (Phi) is 9.43. The summed E-state index contributed by atoms with van der Waals surface area (Å²) in [6, 6.07) is 14.7. The number of carbonyl (C=O) groups excluding carboxylic acids is 1. The van der Waals surface area contributed by atoms with Gasteiger partial charge in [-0.2, -0.15) is 0 Å². The monoisotopic (exact) mass is 505 g/mol. The van der Waals surface area contributed by atoms with Gasteiger partial charge in [-0.05, 0) is 47.5 Å². The van der Waals surface area contributed by atoms with Crippen LogP contribution in [0.4, 0.5) is 5.69 Å². The Hall–Kier alpha value is -4.59. The van der Waals surface area contributed by atoms with Crippen LogP contribution >= 0.6 is 0 Å². The summed E-state index contributed by atoms with van der Waals surface area (Å²) >= 11 is 0. The van der Waals surface area contributed by atoms with E-state index in [1.165, 1.54) is 20.3 Å². The third-order valence-corrected chi connectivity index (χ3v) is 5.47. The standard InChI is InChI=1S/C29H31NO7/c1-32-23-10-8-7-9-21(23)13-14-27(31)30-22-15-19(16-24(33-2)28(22)36-5)11-12-20-17-25(34-3)29(37-6)26(18-20)35-4/h7-18H,1-6H3,(H,30,31)/b12-11+,14-13+. The Morgan fingerprint density at radius 1 is 0.622 bits per heavy atom. The van der Waals surface area contributed by atoms with E-state index in [0.717, 1.165) is 16.7 Å². The Labute approximate surface area is 217 Å². The zero-order valence-corrected chi connectivity index (χ0v) is 21.8. The van der Waals surface area contributed by atoms with Gasteiger partial charge in [-0.1, -0.05) is 30.4 Å². The summed E-state index contributed by atoms with van der Waals surface area (Å²) in [5.41, 5.74) is 2.85. The third-order valence-electron chi connectivity index (χ3n) is 5.47. The van der Waals surface area contributed by atoms with Gasteiger partial charge in [0.15, 0.2) is 23.0 Å². The number of hydrogen-bond donors (Lipinski definition) is 1. The van der Waals surface area contributed by atoms with Crippen molar-refractivity contribution in [1.82, 2.24) is 0 Å². The van der Waals surface area contributed by atoms with Crippen molar-refractivity contribution in [3.05, 3.63) is 71.3 Å². The number of carbonyl (C=O) groups is 1. The van der Waals surface area contributed by atoms with Crippen molar-refractivity contribution in [3.63, 3.8) is 0 Å². The highest BCUT2D eigenvalue weighted by molar-refractivity contribution is 6.03. The molecular weight excluding hydrogens is 474 g/mol. The van der Waals surface area contributed by atoms with Gasteiger partial charge in [0, 0.05) is 11.6 Å². The second-order valence-corrected chi connectivity index (χ2v) is 7.66. The molecule has 0 radical (unpaired) electrons. The van der Waals surface area contributed by atoms with E-state index in [0.29, 0.717) is 40.2 Å². The molecule has 3 aromatic carbocycles. The lowest BCUT2D eigenvalue weighted by Crippen LogP contribution is -2.09. The molecule has 0 atom stereocenters. The summed E-state index contributed by atoms with van der Waals surface area (Å²) < 4.78 is 32.6. The van der Waals surface area contributed by atoms with Crippen LogP contribution in [0.2, 0.25) is 0 Å². The molecule has 0 fully saturated rings. The molecule has 0 unspecified atom stereocenters. The molecule has 37 heavy (non-hydrogen) atoms. The van der Waals surface area contributed by atoms with Gasteiger partial charge >= 0.3 is 0 Å². The second kappa shape index (κ2) is 12.9. The van der Waals surface area contributed by atoms with Gasteiger partial charge < -0.3 is 33.7 Å². The van der Waals surface area contributed by atoms with Gasteiger partial charge in [-0.3, -0.25) is 4.79 Å². The highest BCUT2D eigenvalue weighted by Gasteiger charge is 2.15. The smallest absolute Gasteiger partial charge is 0.248 e. The predicted molar refractivity (Wildman–Crippen MR) is 145 cm³/mol. The average Bonchev–Trinajstić information content (AvgIpc) is 2.93. The molecule has 0 aliphatic heterocycles. The number of benzene rings is 3. The summed E-state index contributed by atoms with van der Waals surface area (Å²) in [7, 11) is 9.33. The molecule has 0 spiro atoms.